The van der Waals surface area contributed by atoms with Crippen LogP contribution in [0.15, 0.2) is 11.1 Å². The molecule has 8 heteroatoms. The van der Waals surface area contributed by atoms with Crippen LogP contribution in [0, 0.1) is 0 Å². The average molecular weight is 264 g/mol. The van der Waals surface area contributed by atoms with Crippen LogP contribution < -0.4 is 5.56 Å². The first-order valence-corrected chi connectivity index (χ1v) is 6.11. The average Bonchev–Trinajstić information content (AvgIpc) is 2.77. The van der Waals surface area contributed by atoms with E-state index in [-0.39, 0.29) is 23.5 Å². The van der Waals surface area contributed by atoms with Gasteiger partial charge in [-0.1, -0.05) is 5.21 Å². The van der Waals surface area contributed by atoms with Crippen LogP contribution in [0.1, 0.15) is 13.8 Å². The summed E-state index contributed by atoms with van der Waals surface area (Å²) in [6, 6.07) is 0. The van der Waals surface area contributed by atoms with E-state index in [9.17, 15) is 9.59 Å². The fraction of sp³-hybridized carbons (Fsp3) is 0.545. The second-order valence-corrected chi connectivity index (χ2v) is 4.13. The molecule has 0 bridgehead atoms. The topological polar surface area (TPSA) is 85.9 Å². The van der Waals surface area contributed by atoms with Crippen LogP contribution >= 0.6 is 0 Å². The number of aryl methyl sites for hydroxylation is 1. The summed E-state index contributed by atoms with van der Waals surface area (Å²) < 4.78 is 2.69. The molecule has 19 heavy (non-hydrogen) atoms. The van der Waals surface area contributed by atoms with Crippen molar-refractivity contribution in [3.63, 3.8) is 0 Å². The van der Waals surface area contributed by atoms with E-state index in [4.69, 9.17) is 0 Å². The molecule has 0 aromatic carbocycles. The van der Waals surface area contributed by atoms with Crippen molar-refractivity contribution in [2.75, 3.05) is 13.1 Å². The molecular weight excluding hydrogens is 248 g/mol. The minimum atomic E-state index is -0.349. The molecule has 8 nitrogen and oxygen atoms in total. The van der Waals surface area contributed by atoms with Crippen LogP contribution in [0.25, 0.3) is 11.2 Å². The third-order valence-electron chi connectivity index (χ3n) is 3.00. The normalized spacial score (nSPS) is 10.9. The van der Waals surface area contributed by atoms with Gasteiger partial charge >= 0.3 is 0 Å². The smallest absolute Gasteiger partial charge is 0.283 e. The van der Waals surface area contributed by atoms with Crippen LogP contribution in [-0.2, 0) is 18.4 Å². The molecule has 0 aliphatic carbocycles. The second kappa shape index (κ2) is 5.17. The lowest BCUT2D eigenvalue weighted by Gasteiger charge is -2.18. The molecule has 2 heterocycles. The number of rotatable bonds is 4. The summed E-state index contributed by atoms with van der Waals surface area (Å²) in [5, 5.41) is 7.50. The summed E-state index contributed by atoms with van der Waals surface area (Å²) in [6.07, 6.45) is 1.36. The second-order valence-electron chi connectivity index (χ2n) is 4.13. The molecule has 0 saturated carbocycles. The number of hydrogen-bond acceptors (Lipinski definition) is 5. The van der Waals surface area contributed by atoms with Crippen molar-refractivity contribution in [3.05, 3.63) is 16.7 Å². The molecule has 0 unspecified atom stereocenters. The predicted molar refractivity (Wildman–Crippen MR) is 68.5 cm³/mol. The number of likely N-dealkylation sites (N-methyl/N-ethyl adjacent to an activating group) is 1. The van der Waals surface area contributed by atoms with Crippen LogP contribution in [0.4, 0.5) is 0 Å². The number of aromatic nitrogens is 5. The molecule has 102 valence electrons. The van der Waals surface area contributed by atoms with E-state index in [1.54, 1.807) is 11.9 Å². The van der Waals surface area contributed by atoms with Gasteiger partial charge in [0, 0.05) is 20.1 Å². The number of hydrogen-bond donors (Lipinski definition) is 0. The Morgan fingerprint density at radius 1 is 1.37 bits per heavy atom. The summed E-state index contributed by atoms with van der Waals surface area (Å²) in [5.74, 6) is -0.114. The number of fused-ring (bicyclic) bond motifs is 1. The molecule has 0 atom stereocenters. The Bertz CT molecular complexity index is 655. The largest absolute Gasteiger partial charge is 0.342 e. The highest BCUT2D eigenvalue weighted by Gasteiger charge is 2.14. The van der Waals surface area contributed by atoms with Crippen molar-refractivity contribution >= 4 is 17.1 Å². The Balaban J connectivity index is 2.34. The molecule has 2 aromatic heterocycles. The van der Waals surface area contributed by atoms with Crippen molar-refractivity contribution in [2.45, 2.75) is 20.4 Å². The molecule has 2 aromatic rings. The third kappa shape index (κ3) is 2.33. The fourth-order valence-electron chi connectivity index (χ4n) is 1.88. The van der Waals surface area contributed by atoms with E-state index in [2.05, 4.69) is 15.3 Å². The molecule has 2 rings (SSSR count). The van der Waals surface area contributed by atoms with E-state index < -0.39 is 0 Å². The summed E-state index contributed by atoms with van der Waals surface area (Å²) in [4.78, 5) is 29.8. The number of carbonyl (C=O) groups excluding carboxylic acids is 1. The summed E-state index contributed by atoms with van der Waals surface area (Å²) in [5.41, 5.74) is 0.243. The fourth-order valence-corrected chi connectivity index (χ4v) is 1.88. The Labute approximate surface area is 109 Å². The van der Waals surface area contributed by atoms with Gasteiger partial charge < -0.3 is 4.90 Å². The summed E-state index contributed by atoms with van der Waals surface area (Å²) >= 11 is 0. The quantitative estimate of drug-likeness (QED) is 0.735. The Morgan fingerprint density at radius 2 is 2.05 bits per heavy atom. The first-order chi connectivity index (χ1) is 9.08. The van der Waals surface area contributed by atoms with Crippen molar-refractivity contribution in [1.29, 1.82) is 0 Å². The van der Waals surface area contributed by atoms with Gasteiger partial charge in [-0.05, 0) is 13.8 Å². The van der Waals surface area contributed by atoms with Gasteiger partial charge in [0.25, 0.3) is 5.56 Å². The van der Waals surface area contributed by atoms with Crippen LogP contribution in [0.2, 0.25) is 0 Å². The lowest BCUT2D eigenvalue weighted by atomic mass is 10.4. The van der Waals surface area contributed by atoms with Crippen molar-refractivity contribution in [1.82, 2.24) is 29.4 Å². The molecule has 0 aliphatic heterocycles. The van der Waals surface area contributed by atoms with E-state index >= 15 is 0 Å². The van der Waals surface area contributed by atoms with Crippen LogP contribution in [0.3, 0.4) is 0 Å². The lowest BCUT2D eigenvalue weighted by molar-refractivity contribution is -0.131. The van der Waals surface area contributed by atoms with Gasteiger partial charge in [-0.3, -0.25) is 14.2 Å². The molecule has 0 fully saturated rings. The standard InChI is InChI=1S/C11H16N6O2/c1-4-16(5-2)8(18)6-17-7-12-10-9(11(17)19)13-14-15(10)3/h7H,4-6H2,1-3H3. The first-order valence-electron chi connectivity index (χ1n) is 6.11. The van der Waals surface area contributed by atoms with Crippen LogP contribution in [-0.4, -0.2) is 48.4 Å². The molecule has 0 radical (unpaired) electrons. The highest BCUT2D eigenvalue weighted by molar-refractivity contribution is 5.76. The monoisotopic (exact) mass is 264 g/mol. The minimum absolute atomic E-state index is 0.0278. The Kier molecular flexibility index (Phi) is 3.59. The van der Waals surface area contributed by atoms with Gasteiger partial charge in [0.2, 0.25) is 5.91 Å². The highest BCUT2D eigenvalue weighted by atomic mass is 16.2. The Morgan fingerprint density at radius 3 is 2.68 bits per heavy atom. The van der Waals surface area contributed by atoms with Gasteiger partial charge in [-0.25, -0.2) is 9.67 Å². The Hall–Kier alpha value is -2.25. The zero-order chi connectivity index (χ0) is 14.0. The lowest BCUT2D eigenvalue weighted by Crippen LogP contribution is -2.36. The van der Waals surface area contributed by atoms with Crippen LogP contribution in [0.5, 0.6) is 0 Å². The zero-order valence-corrected chi connectivity index (χ0v) is 11.2. The SMILES string of the molecule is CCN(CC)C(=O)Cn1cnc2c(nnn2C)c1=O. The maximum Gasteiger partial charge on any atom is 0.283 e. The molecule has 0 saturated heterocycles. The minimum Gasteiger partial charge on any atom is -0.342 e. The van der Waals surface area contributed by atoms with E-state index in [0.29, 0.717) is 18.7 Å². The number of amides is 1. The molecule has 0 N–H and O–H groups in total. The predicted octanol–water partition coefficient (Wildman–Crippen LogP) is -0.607. The maximum atomic E-state index is 12.1. The molecule has 0 aliphatic rings. The summed E-state index contributed by atoms with van der Waals surface area (Å²) in [7, 11) is 1.66. The van der Waals surface area contributed by atoms with Gasteiger partial charge in [0.05, 0.1) is 0 Å². The van der Waals surface area contributed by atoms with Crippen molar-refractivity contribution in [2.24, 2.45) is 7.05 Å². The van der Waals surface area contributed by atoms with E-state index in [1.165, 1.54) is 15.6 Å². The van der Waals surface area contributed by atoms with Gasteiger partial charge in [-0.2, -0.15) is 0 Å². The zero-order valence-electron chi connectivity index (χ0n) is 11.2. The van der Waals surface area contributed by atoms with Gasteiger partial charge in [0.1, 0.15) is 12.9 Å². The van der Waals surface area contributed by atoms with E-state index in [0.717, 1.165) is 0 Å². The molecule has 1 amide bonds. The van der Waals surface area contributed by atoms with Crippen molar-refractivity contribution < 1.29 is 4.79 Å². The number of carbonyl (C=O) groups is 1. The summed E-state index contributed by atoms with van der Waals surface area (Å²) in [6.45, 7) is 5.00. The third-order valence-corrected chi connectivity index (χ3v) is 3.00. The highest BCUT2D eigenvalue weighted by Crippen LogP contribution is 2.00. The van der Waals surface area contributed by atoms with Gasteiger partial charge in [-0.15, -0.1) is 5.10 Å². The molecule has 0 spiro atoms. The number of nitrogens with zero attached hydrogens (tertiary/aromatic N) is 6. The maximum absolute atomic E-state index is 12.1. The van der Waals surface area contributed by atoms with E-state index in [1.807, 2.05) is 13.8 Å². The first kappa shape index (κ1) is 13.2. The van der Waals surface area contributed by atoms with Crippen molar-refractivity contribution in [3.8, 4) is 0 Å². The van der Waals surface area contributed by atoms with Gasteiger partial charge in [0.15, 0.2) is 11.2 Å². The molecular formula is C11H16N6O2.